The van der Waals surface area contributed by atoms with Crippen LogP contribution in [0.4, 0.5) is 5.69 Å². The third-order valence-electron chi connectivity index (χ3n) is 3.25. The molecule has 3 rings (SSSR count). The highest BCUT2D eigenvalue weighted by atomic mass is 32.2. The molecular formula is C17H13NO4S. The number of nitrogens with one attached hydrogen (secondary N) is 1. The Morgan fingerprint density at radius 2 is 1.61 bits per heavy atom. The molecule has 0 unspecified atom stereocenters. The van der Waals surface area contributed by atoms with Crippen molar-refractivity contribution in [2.45, 2.75) is 4.90 Å². The Labute approximate surface area is 133 Å². The summed E-state index contributed by atoms with van der Waals surface area (Å²) in [7, 11) is -3.76. The molecule has 0 aliphatic rings. The van der Waals surface area contributed by atoms with Gasteiger partial charge in [0.05, 0.1) is 22.4 Å². The van der Waals surface area contributed by atoms with E-state index in [0.29, 0.717) is 5.56 Å². The van der Waals surface area contributed by atoms with Gasteiger partial charge in [-0.25, -0.2) is 8.42 Å². The van der Waals surface area contributed by atoms with Crippen molar-refractivity contribution in [2.75, 3.05) is 4.72 Å². The number of benzene rings is 2. The average Bonchev–Trinajstić information content (AvgIpc) is 3.10. The minimum absolute atomic E-state index is 0.130. The highest BCUT2D eigenvalue weighted by Crippen LogP contribution is 2.22. The molecule has 23 heavy (non-hydrogen) atoms. The fourth-order valence-electron chi connectivity index (χ4n) is 2.12. The summed E-state index contributed by atoms with van der Waals surface area (Å²) in [6.45, 7) is 0. The van der Waals surface area contributed by atoms with Crippen molar-refractivity contribution in [1.29, 1.82) is 0 Å². The number of anilines is 1. The van der Waals surface area contributed by atoms with Crippen LogP contribution in [0.5, 0.6) is 0 Å². The summed E-state index contributed by atoms with van der Waals surface area (Å²) >= 11 is 0. The van der Waals surface area contributed by atoms with Crippen molar-refractivity contribution in [3.05, 3.63) is 84.3 Å². The van der Waals surface area contributed by atoms with Crippen LogP contribution in [-0.2, 0) is 10.0 Å². The standard InChI is InChI=1S/C17H13NO4S/c19-17(13-10-11-22-12-13)15-8-4-5-9-16(15)18-23(20,21)14-6-2-1-3-7-14/h1-12,18H. The van der Waals surface area contributed by atoms with E-state index in [1.165, 1.54) is 30.7 Å². The lowest BCUT2D eigenvalue weighted by Gasteiger charge is -2.11. The van der Waals surface area contributed by atoms with Crippen molar-refractivity contribution in [1.82, 2.24) is 0 Å². The van der Waals surface area contributed by atoms with Gasteiger partial charge in [-0.2, -0.15) is 0 Å². The third kappa shape index (κ3) is 3.17. The Balaban J connectivity index is 1.97. The van der Waals surface area contributed by atoms with Gasteiger partial charge in [0, 0.05) is 5.56 Å². The minimum atomic E-state index is -3.76. The molecule has 3 aromatic rings. The van der Waals surface area contributed by atoms with E-state index in [0.717, 1.165) is 0 Å². The van der Waals surface area contributed by atoms with Gasteiger partial charge in [-0.15, -0.1) is 0 Å². The van der Waals surface area contributed by atoms with Crippen molar-refractivity contribution in [3.63, 3.8) is 0 Å². The number of carbonyl (C=O) groups is 1. The zero-order valence-electron chi connectivity index (χ0n) is 12.0. The number of ketones is 1. The zero-order valence-corrected chi connectivity index (χ0v) is 12.8. The largest absolute Gasteiger partial charge is 0.472 e. The van der Waals surface area contributed by atoms with Crippen LogP contribution in [-0.4, -0.2) is 14.2 Å². The van der Waals surface area contributed by atoms with E-state index in [2.05, 4.69) is 4.72 Å². The molecule has 1 N–H and O–H groups in total. The SMILES string of the molecule is O=C(c1ccoc1)c1ccccc1NS(=O)(=O)c1ccccc1. The molecule has 0 atom stereocenters. The molecule has 0 amide bonds. The molecule has 0 saturated heterocycles. The van der Waals surface area contributed by atoms with E-state index in [-0.39, 0.29) is 21.9 Å². The van der Waals surface area contributed by atoms with Crippen LogP contribution in [0.15, 0.2) is 82.5 Å². The monoisotopic (exact) mass is 327 g/mol. The molecule has 0 bridgehead atoms. The topological polar surface area (TPSA) is 76.4 Å². The fraction of sp³-hybridized carbons (Fsp3) is 0. The maximum atomic E-state index is 12.5. The fourth-order valence-corrected chi connectivity index (χ4v) is 3.22. The van der Waals surface area contributed by atoms with Gasteiger partial charge in [0.1, 0.15) is 6.26 Å². The maximum Gasteiger partial charge on any atom is 0.261 e. The first kappa shape index (κ1) is 15.1. The first-order valence-corrected chi connectivity index (χ1v) is 8.30. The molecule has 0 aliphatic carbocycles. The van der Waals surface area contributed by atoms with Gasteiger partial charge in [-0.1, -0.05) is 30.3 Å². The summed E-state index contributed by atoms with van der Waals surface area (Å²) in [6.07, 6.45) is 2.72. The van der Waals surface area contributed by atoms with E-state index in [4.69, 9.17) is 4.42 Å². The van der Waals surface area contributed by atoms with Crippen molar-refractivity contribution >= 4 is 21.5 Å². The van der Waals surface area contributed by atoms with Crippen molar-refractivity contribution in [3.8, 4) is 0 Å². The van der Waals surface area contributed by atoms with Crippen LogP contribution in [0.25, 0.3) is 0 Å². The number of carbonyl (C=O) groups excluding carboxylic acids is 1. The Morgan fingerprint density at radius 3 is 2.30 bits per heavy atom. The first-order chi connectivity index (χ1) is 11.1. The first-order valence-electron chi connectivity index (χ1n) is 6.82. The van der Waals surface area contributed by atoms with Crippen LogP contribution in [0.1, 0.15) is 15.9 Å². The number of sulfonamides is 1. The zero-order chi connectivity index (χ0) is 16.3. The number of furan rings is 1. The average molecular weight is 327 g/mol. The summed E-state index contributed by atoms with van der Waals surface area (Å²) in [4.78, 5) is 12.6. The summed E-state index contributed by atoms with van der Waals surface area (Å²) in [6, 6.07) is 16.0. The van der Waals surface area contributed by atoms with Gasteiger partial charge in [0.25, 0.3) is 10.0 Å². The number of hydrogen-bond acceptors (Lipinski definition) is 4. The van der Waals surface area contributed by atoms with Gasteiger partial charge in [-0.3, -0.25) is 9.52 Å². The summed E-state index contributed by atoms with van der Waals surface area (Å²) in [5, 5.41) is 0. The Morgan fingerprint density at radius 1 is 0.913 bits per heavy atom. The van der Waals surface area contributed by atoms with E-state index in [1.54, 1.807) is 42.5 Å². The van der Waals surface area contributed by atoms with Crippen LogP contribution in [0.2, 0.25) is 0 Å². The van der Waals surface area contributed by atoms with E-state index in [1.807, 2.05) is 0 Å². The predicted molar refractivity (Wildman–Crippen MR) is 85.8 cm³/mol. The van der Waals surface area contributed by atoms with Crippen LogP contribution in [0, 0.1) is 0 Å². The molecule has 2 aromatic carbocycles. The van der Waals surface area contributed by atoms with Crippen molar-refractivity contribution in [2.24, 2.45) is 0 Å². The quantitative estimate of drug-likeness (QED) is 0.729. The summed E-state index contributed by atoms with van der Waals surface area (Å²) in [5.74, 6) is -0.315. The molecule has 0 aliphatic heterocycles. The van der Waals surface area contributed by atoms with Gasteiger partial charge in [0.2, 0.25) is 0 Å². The summed E-state index contributed by atoms with van der Waals surface area (Å²) < 4.78 is 32.2. The van der Waals surface area contributed by atoms with E-state index >= 15 is 0 Å². The smallest absolute Gasteiger partial charge is 0.261 e. The van der Waals surface area contributed by atoms with Gasteiger partial charge in [-0.05, 0) is 30.3 Å². The minimum Gasteiger partial charge on any atom is -0.472 e. The summed E-state index contributed by atoms with van der Waals surface area (Å²) in [5.41, 5.74) is 0.840. The molecule has 1 aromatic heterocycles. The highest BCUT2D eigenvalue weighted by molar-refractivity contribution is 7.92. The second-order valence-electron chi connectivity index (χ2n) is 4.81. The second-order valence-corrected chi connectivity index (χ2v) is 6.49. The number of hydrogen-bond donors (Lipinski definition) is 1. The molecule has 0 spiro atoms. The molecular weight excluding hydrogens is 314 g/mol. The molecule has 5 nitrogen and oxygen atoms in total. The molecule has 0 saturated carbocycles. The predicted octanol–water partition coefficient (Wildman–Crippen LogP) is 3.31. The van der Waals surface area contributed by atoms with Crippen LogP contribution < -0.4 is 4.72 Å². The normalized spacial score (nSPS) is 11.1. The molecule has 116 valence electrons. The number of para-hydroxylation sites is 1. The van der Waals surface area contributed by atoms with Crippen LogP contribution >= 0.6 is 0 Å². The molecule has 0 fully saturated rings. The van der Waals surface area contributed by atoms with Gasteiger partial charge in [0.15, 0.2) is 5.78 Å². The molecule has 1 heterocycles. The third-order valence-corrected chi connectivity index (χ3v) is 4.63. The number of rotatable bonds is 5. The molecule has 0 radical (unpaired) electrons. The van der Waals surface area contributed by atoms with E-state index < -0.39 is 10.0 Å². The van der Waals surface area contributed by atoms with Crippen LogP contribution in [0.3, 0.4) is 0 Å². The van der Waals surface area contributed by atoms with Crippen molar-refractivity contribution < 1.29 is 17.6 Å². The lowest BCUT2D eigenvalue weighted by atomic mass is 10.0. The Hall–Kier alpha value is -2.86. The Bertz CT molecular complexity index is 916. The maximum absolute atomic E-state index is 12.5. The lowest BCUT2D eigenvalue weighted by Crippen LogP contribution is -2.15. The second kappa shape index (κ2) is 6.10. The lowest BCUT2D eigenvalue weighted by molar-refractivity contribution is 0.103. The van der Waals surface area contributed by atoms with Gasteiger partial charge < -0.3 is 4.42 Å². The Kier molecular flexibility index (Phi) is 3.99. The van der Waals surface area contributed by atoms with Gasteiger partial charge >= 0.3 is 0 Å². The molecule has 6 heteroatoms. The highest BCUT2D eigenvalue weighted by Gasteiger charge is 2.19. The van der Waals surface area contributed by atoms with E-state index in [9.17, 15) is 13.2 Å².